The van der Waals surface area contributed by atoms with E-state index >= 15 is 0 Å². The van der Waals surface area contributed by atoms with Crippen molar-refractivity contribution in [3.8, 4) is 11.3 Å². The van der Waals surface area contributed by atoms with E-state index in [4.69, 9.17) is 11.6 Å². The van der Waals surface area contributed by atoms with Crippen LogP contribution in [-0.2, 0) is 14.6 Å². The molecule has 8 heteroatoms. The molecule has 0 saturated heterocycles. The number of nitrogens with one attached hydrogen (secondary N) is 1. The number of halogens is 1. The second-order valence-electron chi connectivity index (χ2n) is 8.25. The van der Waals surface area contributed by atoms with Gasteiger partial charge in [0.25, 0.3) is 0 Å². The fourth-order valence-corrected chi connectivity index (χ4v) is 4.76. The number of anilines is 1. The number of hydrogen-bond donors (Lipinski definition) is 1. The number of carbonyl (C=O) groups is 1. The fraction of sp³-hybridized carbons (Fsp3) is 0.385. The summed E-state index contributed by atoms with van der Waals surface area (Å²) in [6, 6.07) is 14.4. The van der Waals surface area contributed by atoms with Gasteiger partial charge in [-0.3, -0.25) is 4.79 Å². The van der Waals surface area contributed by atoms with E-state index in [2.05, 4.69) is 55.3 Å². The number of rotatable bonds is 9. The first-order chi connectivity index (χ1) is 16.1. The molecule has 0 radical (unpaired) electrons. The van der Waals surface area contributed by atoms with Crippen LogP contribution in [0.15, 0.2) is 58.8 Å². The number of hydrogen-bond acceptors (Lipinski definition) is 5. The number of carbonyl (C=O) groups excluding carboxylic acids is 1. The molecule has 0 fully saturated rings. The van der Waals surface area contributed by atoms with Gasteiger partial charge >= 0.3 is 0 Å². The van der Waals surface area contributed by atoms with Gasteiger partial charge in [0.15, 0.2) is 15.0 Å². The fourth-order valence-electron chi connectivity index (χ4n) is 3.28. The lowest BCUT2D eigenvalue weighted by Gasteiger charge is -2.14. The maximum atomic E-state index is 12.5. The van der Waals surface area contributed by atoms with E-state index in [1.54, 1.807) is 12.1 Å². The lowest BCUT2D eigenvalue weighted by molar-refractivity contribution is -0.120. The van der Waals surface area contributed by atoms with Crippen molar-refractivity contribution in [2.24, 2.45) is 5.92 Å². The van der Waals surface area contributed by atoms with E-state index in [-0.39, 0.29) is 11.8 Å². The summed E-state index contributed by atoms with van der Waals surface area (Å²) in [4.78, 5) is 17.3. The maximum absolute atomic E-state index is 12.5. The summed E-state index contributed by atoms with van der Waals surface area (Å²) in [6.45, 7) is 6.36. The van der Waals surface area contributed by atoms with Gasteiger partial charge in [-0.1, -0.05) is 74.5 Å². The van der Waals surface area contributed by atoms with Crippen molar-refractivity contribution in [2.45, 2.75) is 57.8 Å². The first-order valence-electron chi connectivity index (χ1n) is 11.4. The Bertz CT molecular complexity index is 1140. The van der Waals surface area contributed by atoms with Crippen LogP contribution in [0, 0.1) is 12.8 Å². The van der Waals surface area contributed by atoms with E-state index < -0.39 is 9.84 Å². The third-order valence-corrected chi connectivity index (χ3v) is 7.38. The summed E-state index contributed by atoms with van der Waals surface area (Å²) in [7, 11) is -3.08. The van der Waals surface area contributed by atoms with Crippen molar-refractivity contribution in [1.82, 2.24) is 4.98 Å². The second-order valence-corrected chi connectivity index (χ2v) is 11.6. The van der Waals surface area contributed by atoms with Crippen LogP contribution in [0.3, 0.4) is 0 Å². The number of sulfone groups is 1. The van der Waals surface area contributed by atoms with Crippen LogP contribution >= 0.6 is 22.9 Å². The first-order valence-corrected chi connectivity index (χ1v) is 14.6. The van der Waals surface area contributed by atoms with Gasteiger partial charge in [0.2, 0.25) is 5.91 Å². The SMILES string of the molecule is CCCCC(CCC)C(=O)Nc1nc(-c2ccc(C)cc2)cs1.CS(=O)(=O)c1ccc(Cl)cc1. The minimum absolute atomic E-state index is 0.103. The van der Waals surface area contributed by atoms with Gasteiger partial charge in [-0.15, -0.1) is 11.3 Å². The molecule has 5 nitrogen and oxygen atoms in total. The number of aromatic nitrogens is 1. The Morgan fingerprint density at radius 2 is 1.68 bits per heavy atom. The highest BCUT2D eigenvalue weighted by Crippen LogP contribution is 2.26. The average molecular weight is 521 g/mol. The molecule has 2 aromatic carbocycles. The van der Waals surface area contributed by atoms with E-state index in [0.29, 0.717) is 15.0 Å². The van der Waals surface area contributed by atoms with Crippen LogP contribution in [0.25, 0.3) is 11.3 Å². The lowest BCUT2D eigenvalue weighted by Crippen LogP contribution is -2.22. The van der Waals surface area contributed by atoms with Gasteiger partial charge in [0, 0.05) is 28.1 Å². The molecular weight excluding hydrogens is 488 g/mol. The Morgan fingerprint density at radius 1 is 1.03 bits per heavy atom. The van der Waals surface area contributed by atoms with E-state index in [1.165, 1.54) is 29.0 Å². The third kappa shape index (κ3) is 9.20. The molecule has 3 rings (SSSR count). The summed E-state index contributed by atoms with van der Waals surface area (Å²) in [6.07, 6.45) is 6.34. The standard InChI is InChI=1S/C19H26N2OS.C7H7ClO2S/c1-4-6-8-16(7-5-2)18(22)21-19-20-17(13-23-19)15-11-9-14(3)10-12-15;1-11(9,10)7-4-2-6(8)3-5-7/h9-13,16H,4-8H2,1-3H3,(H,20,21,22);2-5H,1H3. The molecule has 1 aromatic heterocycles. The smallest absolute Gasteiger partial charge is 0.229 e. The number of unbranched alkanes of at least 4 members (excludes halogenated alkanes) is 1. The molecule has 1 atom stereocenters. The van der Waals surface area contributed by atoms with Gasteiger partial charge in [0.05, 0.1) is 10.6 Å². The van der Waals surface area contributed by atoms with Gasteiger partial charge in [-0.2, -0.15) is 0 Å². The van der Waals surface area contributed by atoms with Crippen molar-refractivity contribution < 1.29 is 13.2 Å². The number of benzene rings is 2. The quantitative estimate of drug-likeness (QED) is 0.318. The number of amides is 1. The van der Waals surface area contributed by atoms with Crippen LogP contribution in [0.1, 0.15) is 51.5 Å². The molecule has 0 spiro atoms. The number of aryl methyl sites for hydroxylation is 1. The molecule has 3 aromatic rings. The molecule has 1 unspecified atom stereocenters. The van der Waals surface area contributed by atoms with Crippen LogP contribution in [-0.4, -0.2) is 25.6 Å². The highest BCUT2D eigenvalue weighted by molar-refractivity contribution is 7.90. The Hall–Kier alpha value is -2.22. The zero-order valence-electron chi connectivity index (χ0n) is 20.2. The van der Waals surface area contributed by atoms with E-state index in [0.717, 1.165) is 49.6 Å². The first kappa shape index (κ1) is 28.0. The normalized spacial score (nSPS) is 11.9. The summed E-state index contributed by atoms with van der Waals surface area (Å²) >= 11 is 7.06. The zero-order chi connectivity index (χ0) is 25.1. The van der Waals surface area contributed by atoms with Crippen molar-refractivity contribution in [2.75, 3.05) is 11.6 Å². The highest BCUT2D eigenvalue weighted by atomic mass is 35.5. The predicted molar refractivity (Wildman–Crippen MR) is 143 cm³/mol. The van der Waals surface area contributed by atoms with Crippen LogP contribution in [0.5, 0.6) is 0 Å². The third-order valence-electron chi connectivity index (χ3n) is 5.24. The average Bonchev–Trinajstić information content (AvgIpc) is 3.25. The van der Waals surface area contributed by atoms with E-state index in [9.17, 15) is 13.2 Å². The summed E-state index contributed by atoms with van der Waals surface area (Å²) in [5.41, 5.74) is 3.24. The molecule has 1 heterocycles. The lowest BCUT2D eigenvalue weighted by atomic mass is 9.96. The number of nitrogens with zero attached hydrogens (tertiary/aromatic N) is 1. The molecule has 0 saturated carbocycles. The van der Waals surface area contributed by atoms with Crippen molar-refractivity contribution >= 4 is 43.8 Å². The molecule has 0 aliphatic carbocycles. The topological polar surface area (TPSA) is 76.1 Å². The molecule has 34 heavy (non-hydrogen) atoms. The number of thiazole rings is 1. The largest absolute Gasteiger partial charge is 0.302 e. The van der Waals surface area contributed by atoms with Gasteiger partial charge in [0.1, 0.15) is 0 Å². The molecule has 1 amide bonds. The minimum atomic E-state index is -3.08. The Labute approximate surface area is 212 Å². The van der Waals surface area contributed by atoms with Gasteiger partial charge < -0.3 is 5.32 Å². The molecule has 184 valence electrons. The predicted octanol–water partition coefficient (Wildman–Crippen LogP) is 7.41. The summed E-state index contributed by atoms with van der Waals surface area (Å²) < 4.78 is 21.8. The zero-order valence-corrected chi connectivity index (χ0v) is 22.6. The molecule has 0 aliphatic rings. The second kappa shape index (κ2) is 13.6. The van der Waals surface area contributed by atoms with Crippen molar-refractivity contribution in [1.29, 1.82) is 0 Å². The highest BCUT2D eigenvalue weighted by Gasteiger charge is 2.18. The molecule has 0 bridgehead atoms. The Balaban J connectivity index is 0.000000310. The Kier molecular flexibility index (Phi) is 11.2. The van der Waals surface area contributed by atoms with Crippen LogP contribution < -0.4 is 5.32 Å². The van der Waals surface area contributed by atoms with Gasteiger partial charge in [-0.25, -0.2) is 13.4 Å². The van der Waals surface area contributed by atoms with Crippen molar-refractivity contribution in [3.63, 3.8) is 0 Å². The summed E-state index contributed by atoms with van der Waals surface area (Å²) in [5, 5.41) is 6.24. The van der Waals surface area contributed by atoms with Crippen molar-refractivity contribution in [3.05, 3.63) is 64.5 Å². The minimum Gasteiger partial charge on any atom is -0.302 e. The monoisotopic (exact) mass is 520 g/mol. The van der Waals surface area contributed by atoms with Gasteiger partial charge in [-0.05, 0) is 44.0 Å². The van der Waals surface area contributed by atoms with Crippen LogP contribution in [0.4, 0.5) is 5.13 Å². The molecule has 0 aliphatic heterocycles. The molecule has 1 N–H and O–H groups in total. The van der Waals surface area contributed by atoms with E-state index in [1.807, 2.05) is 5.38 Å². The Morgan fingerprint density at radius 3 is 2.24 bits per heavy atom. The van der Waals surface area contributed by atoms with Crippen LogP contribution in [0.2, 0.25) is 5.02 Å². The molecular formula is C26H33ClN2O3S2. The summed E-state index contributed by atoms with van der Waals surface area (Å²) in [5.74, 6) is 0.219. The maximum Gasteiger partial charge on any atom is 0.229 e.